The molecule has 10 heteroatoms. The first-order valence-corrected chi connectivity index (χ1v) is 24.6. The van der Waals surface area contributed by atoms with Crippen LogP contribution in [0.5, 0.6) is 34.5 Å². The summed E-state index contributed by atoms with van der Waals surface area (Å²) < 4.78 is 51.5. The molecule has 2 aliphatic rings. The van der Waals surface area contributed by atoms with Crippen LogP contribution < -0.4 is 28.4 Å². The summed E-state index contributed by atoms with van der Waals surface area (Å²) >= 11 is 0. The molecule has 0 N–H and O–H groups in total. The number of methoxy groups -OCH3 is 6. The Labute approximate surface area is 416 Å². The van der Waals surface area contributed by atoms with E-state index in [-0.39, 0.29) is 0 Å². The molecule has 0 radical (unpaired) electrons. The van der Waals surface area contributed by atoms with Crippen LogP contribution in [0.4, 0.5) is 0 Å². The molecular formula is C60H72N2O8. The summed E-state index contributed by atoms with van der Waals surface area (Å²) in [7, 11) is 10.6. The van der Waals surface area contributed by atoms with Gasteiger partial charge in [0.05, 0.1) is 55.9 Å². The second kappa shape index (κ2) is 22.4. The van der Waals surface area contributed by atoms with Crippen molar-refractivity contribution >= 4 is 0 Å². The van der Waals surface area contributed by atoms with Crippen molar-refractivity contribution in [3.8, 4) is 79.0 Å². The van der Waals surface area contributed by atoms with Crippen molar-refractivity contribution in [2.24, 2.45) is 0 Å². The molecule has 8 rings (SSSR count). The predicted octanol–water partition coefficient (Wildman–Crippen LogP) is 12.4. The van der Waals surface area contributed by atoms with Gasteiger partial charge in [-0.3, -0.25) is 9.80 Å². The lowest BCUT2D eigenvalue weighted by Crippen LogP contribution is -2.26. The largest absolute Gasteiger partial charge is 0.496 e. The van der Waals surface area contributed by atoms with Crippen LogP contribution in [0.25, 0.3) is 44.5 Å². The molecule has 0 fully saturated rings. The Hall–Kier alpha value is -6.04. The van der Waals surface area contributed by atoms with Crippen molar-refractivity contribution in [1.29, 1.82) is 0 Å². The van der Waals surface area contributed by atoms with Crippen LogP contribution in [0, 0.1) is 41.5 Å². The molecule has 0 aliphatic carbocycles. The number of hydrogen-bond acceptors (Lipinski definition) is 10. The van der Waals surface area contributed by atoms with E-state index in [0.29, 0.717) is 52.6 Å². The highest BCUT2D eigenvalue weighted by Crippen LogP contribution is 2.50. The lowest BCUT2D eigenvalue weighted by molar-refractivity contribution is 0.0399. The normalized spacial score (nSPS) is 16.6. The van der Waals surface area contributed by atoms with Crippen molar-refractivity contribution in [1.82, 2.24) is 9.80 Å². The van der Waals surface area contributed by atoms with Gasteiger partial charge in [0.25, 0.3) is 0 Å². The summed E-state index contributed by atoms with van der Waals surface area (Å²) in [5.41, 5.74) is 18.7. The molecule has 0 amide bonds. The average molecular weight is 949 g/mol. The molecular weight excluding hydrogens is 877 g/mol. The fourth-order valence-electron chi connectivity index (χ4n) is 10.9. The lowest BCUT2D eigenvalue weighted by atomic mass is 9.90. The maximum absolute atomic E-state index is 6.51. The Kier molecular flexibility index (Phi) is 16.1. The van der Waals surface area contributed by atoms with Crippen molar-refractivity contribution in [3.05, 3.63) is 128 Å². The van der Waals surface area contributed by atoms with E-state index in [2.05, 4.69) is 124 Å². The first-order chi connectivity index (χ1) is 33.9. The summed E-state index contributed by atoms with van der Waals surface area (Å²) in [6, 6.07) is 26.7. The molecule has 2 aliphatic heterocycles. The van der Waals surface area contributed by atoms with Crippen LogP contribution in [0.2, 0.25) is 0 Å². The quantitative estimate of drug-likeness (QED) is 0.161. The van der Waals surface area contributed by atoms with Crippen molar-refractivity contribution in [2.75, 3.05) is 82.2 Å². The third-order valence-corrected chi connectivity index (χ3v) is 13.6. The molecule has 14 bridgehead atoms. The second-order valence-electron chi connectivity index (χ2n) is 19.2. The maximum atomic E-state index is 6.51. The van der Waals surface area contributed by atoms with Crippen molar-refractivity contribution in [2.45, 2.75) is 80.6 Å². The Bertz CT molecular complexity index is 2490. The van der Waals surface area contributed by atoms with E-state index in [9.17, 15) is 0 Å². The molecule has 0 saturated heterocycles. The van der Waals surface area contributed by atoms with Crippen molar-refractivity contribution < 1.29 is 37.9 Å². The van der Waals surface area contributed by atoms with Crippen LogP contribution in [-0.2, 0) is 35.7 Å². The smallest absolute Gasteiger partial charge is 0.134 e. The van der Waals surface area contributed by atoms with Gasteiger partial charge in [-0.2, -0.15) is 0 Å². The molecule has 0 atom stereocenters. The Morgan fingerprint density at radius 1 is 0.300 bits per heavy atom. The number of aryl methyl sites for hydroxylation is 6. The van der Waals surface area contributed by atoms with Gasteiger partial charge in [-0.1, -0.05) is 24.3 Å². The van der Waals surface area contributed by atoms with Crippen LogP contribution >= 0.6 is 0 Å². The highest BCUT2D eigenvalue weighted by atomic mass is 16.5. The van der Waals surface area contributed by atoms with Crippen LogP contribution in [-0.4, -0.2) is 92.0 Å². The molecule has 370 valence electrons. The first kappa shape index (κ1) is 50.4. The molecule has 0 unspecified atom stereocenters. The van der Waals surface area contributed by atoms with Crippen molar-refractivity contribution in [3.63, 3.8) is 0 Å². The van der Waals surface area contributed by atoms with Crippen LogP contribution in [0.1, 0.15) is 68.5 Å². The van der Waals surface area contributed by atoms with Gasteiger partial charge in [0.15, 0.2) is 0 Å². The highest BCUT2D eigenvalue weighted by Gasteiger charge is 2.28. The summed E-state index contributed by atoms with van der Waals surface area (Å²) in [5, 5.41) is 0. The first-order valence-electron chi connectivity index (χ1n) is 24.6. The third kappa shape index (κ3) is 10.7. The van der Waals surface area contributed by atoms with E-state index in [1.165, 1.54) is 0 Å². The average Bonchev–Trinajstić information content (AvgIpc) is 3.32. The minimum Gasteiger partial charge on any atom is -0.496 e. The number of fused-ring (bicyclic) bond motifs is 27. The summed E-state index contributed by atoms with van der Waals surface area (Å²) in [6.07, 6.45) is 1.64. The van der Waals surface area contributed by atoms with Gasteiger partial charge in [0.1, 0.15) is 34.5 Å². The standard InChI is InChI=1S/C60H72N2O8/c1-37-21-43-33-61-15-13-17-69-19-20-70-18-14-16-62(35-45-23-39(3)26-48(57(45)65-9)52-30-41(5)29-51(59(52)67-11)47(25-37)55(43)63-7)36-46-24-40(4)28-50(58(46)66-10)54-32-42(6)31-53(60(54)68-12)49-27-38(2)22-44(34-61)56(49)64-8/h21-32H,13-20,33-36H2,1-12H3. The number of ether oxygens (including phenoxy) is 8. The second-order valence-corrected chi connectivity index (χ2v) is 19.2. The van der Waals surface area contributed by atoms with E-state index in [4.69, 9.17) is 37.9 Å². The topological polar surface area (TPSA) is 80.3 Å². The Morgan fingerprint density at radius 2 is 0.514 bits per heavy atom. The van der Waals surface area contributed by atoms with Gasteiger partial charge in [0, 0.05) is 119 Å². The van der Waals surface area contributed by atoms with Gasteiger partial charge in [-0.15, -0.1) is 0 Å². The Morgan fingerprint density at radius 3 is 0.743 bits per heavy atom. The van der Waals surface area contributed by atoms with E-state index in [0.717, 1.165) is 161 Å². The highest BCUT2D eigenvalue weighted by molar-refractivity contribution is 5.90. The van der Waals surface area contributed by atoms with Gasteiger partial charge in [-0.05, 0) is 136 Å². The molecule has 2 heterocycles. The minimum absolute atomic E-state index is 0.528. The zero-order chi connectivity index (χ0) is 49.6. The van der Waals surface area contributed by atoms with Crippen LogP contribution in [0.15, 0.2) is 72.8 Å². The number of benzene rings is 6. The molecule has 0 saturated carbocycles. The zero-order valence-corrected chi connectivity index (χ0v) is 43.6. The van der Waals surface area contributed by atoms with Gasteiger partial charge in [-0.25, -0.2) is 0 Å². The van der Waals surface area contributed by atoms with E-state index < -0.39 is 0 Å². The predicted molar refractivity (Wildman–Crippen MR) is 281 cm³/mol. The Balaban J connectivity index is 1.46. The fraction of sp³-hybridized carbons (Fsp3) is 0.400. The number of rotatable bonds is 6. The summed E-state index contributed by atoms with van der Waals surface area (Å²) in [5.74, 6) is 4.75. The molecule has 70 heavy (non-hydrogen) atoms. The third-order valence-electron chi connectivity index (χ3n) is 13.6. The van der Waals surface area contributed by atoms with Gasteiger partial charge >= 0.3 is 0 Å². The molecule has 10 nitrogen and oxygen atoms in total. The lowest BCUT2D eigenvalue weighted by Gasteiger charge is -2.28. The van der Waals surface area contributed by atoms with Gasteiger partial charge in [0.2, 0.25) is 0 Å². The molecule has 6 aromatic carbocycles. The maximum Gasteiger partial charge on any atom is 0.134 e. The molecule has 0 spiro atoms. The molecule has 0 aromatic heterocycles. The van der Waals surface area contributed by atoms with Gasteiger partial charge < -0.3 is 37.9 Å². The van der Waals surface area contributed by atoms with E-state index >= 15 is 0 Å². The van der Waals surface area contributed by atoms with E-state index in [1.54, 1.807) is 42.7 Å². The van der Waals surface area contributed by atoms with Crippen LogP contribution in [0.3, 0.4) is 0 Å². The number of nitrogens with zero attached hydrogens (tertiary/aromatic N) is 2. The monoisotopic (exact) mass is 949 g/mol. The van der Waals surface area contributed by atoms with E-state index in [1.807, 2.05) is 0 Å². The SMILES string of the molecule is COc1c2cc(C)cc1-c1cc(C)cc(c1OC)-c1cc(C)cc(c1OC)CN1CCCOCCOCCCN(C2)Cc2cc(C)cc(c2OC)-c2cc(C)cc(c2OC)-c2cc(C)cc(c2OC)C1. The fourth-order valence-corrected chi connectivity index (χ4v) is 10.9. The minimum atomic E-state index is 0.528. The summed E-state index contributed by atoms with van der Waals surface area (Å²) in [4.78, 5) is 4.96. The molecule has 6 aromatic rings. The summed E-state index contributed by atoms with van der Waals surface area (Å²) in [6.45, 7) is 19.1. The zero-order valence-electron chi connectivity index (χ0n) is 43.6. The number of hydrogen-bond donors (Lipinski definition) is 0.